The first-order valence-electron chi connectivity index (χ1n) is 7.65. The number of aromatic nitrogens is 2. The van der Waals surface area contributed by atoms with E-state index in [4.69, 9.17) is 0 Å². The molecule has 0 fully saturated rings. The molecule has 5 heteroatoms. The summed E-state index contributed by atoms with van der Waals surface area (Å²) in [5.74, 6) is 1.06. The molecule has 0 unspecified atom stereocenters. The van der Waals surface area contributed by atoms with Gasteiger partial charge >= 0.3 is 18.9 Å². The van der Waals surface area contributed by atoms with Gasteiger partial charge in [-0.2, -0.15) is 6.07 Å². The minimum Gasteiger partial charge on any atom is -0.872 e. The van der Waals surface area contributed by atoms with E-state index in [1.54, 1.807) is 6.07 Å². The van der Waals surface area contributed by atoms with E-state index in [1.165, 1.54) is 5.56 Å². The van der Waals surface area contributed by atoms with Crippen molar-refractivity contribution in [3.63, 3.8) is 0 Å². The Bertz CT molecular complexity index is 1070. The van der Waals surface area contributed by atoms with E-state index in [9.17, 15) is 5.11 Å². The largest absolute Gasteiger partial charge is 1.00 e. The Labute approximate surface area is 153 Å². The Morgan fingerprint density at radius 3 is 2.52 bits per heavy atom. The van der Waals surface area contributed by atoms with Crippen molar-refractivity contribution in [3.8, 4) is 11.6 Å². The molecule has 3 nitrogen and oxygen atoms in total. The molecule has 4 rings (SSSR count). The van der Waals surface area contributed by atoms with Gasteiger partial charge in [-0.25, -0.2) is 4.57 Å². The first kappa shape index (κ1) is 18.1. The van der Waals surface area contributed by atoms with Crippen LogP contribution in [0.5, 0.6) is 5.75 Å². The van der Waals surface area contributed by atoms with Crippen molar-refractivity contribution in [1.29, 1.82) is 0 Å². The summed E-state index contributed by atoms with van der Waals surface area (Å²) >= 11 is 0. The van der Waals surface area contributed by atoms with Crippen LogP contribution in [0.1, 0.15) is 11.1 Å². The third-order valence-corrected chi connectivity index (χ3v) is 4.49. The van der Waals surface area contributed by atoms with E-state index < -0.39 is 0 Å². The van der Waals surface area contributed by atoms with Gasteiger partial charge < -0.3 is 9.67 Å². The van der Waals surface area contributed by atoms with Crippen molar-refractivity contribution in [2.45, 2.75) is 13.8 Å². The number of hydrogen-bond acceptors (Lipinski definition) is 1. The zero-order valence-electron chi connectivity index (χ0n) is 14.8. The minimum absolute atomic E-state index is 0. The van der Waals surface area contributed by atoms with Crippen LogP contribution in [0.15, 0.2) is 48.7 Å². The zero-order chi connectivity index (χ0) is 16.1. The molecular weight excluding hydrogens is 538 g/mol. The molecule has 2 aromatic heterocycles. The molecule has 0 atom stereocenters. The van der Waals surface area contributed by atoms with Crippen LogP contribution >= 0.6 is 0 Å². The molecule has 25 heavy (non-hydrogen) atoms. The van der Waals surface area contributed by atoms with Crippen LogP contribution in [0.3, 0.4) is 0 Å². The number of benzene rings is 2. The molecule has 123 valence electrons. The van der Waals surface area contributed by atoms with Crippen molar-refractivity contribution in [2.24, 2.45) is 7.05 Å². The van der Waals surface area contributed by atoms with E-state index in [1.807, 2.05) is 38.4 Å². The number of pyridine rings is 1. The second-order valence-electron chi connectivity index (χ2n) is 6.04. The second kappa shape index (κ2) is 6.36. The van der Waals surface area contributed by atoms with E-state index in [2.05, 4.69) is 40.3 Å². The van der Waals surface area contributed by atoms with Crippen LogP contribution in [0.25, 0.3) is 27.6 Å². The summed E-state index contributed by atoms with van der Waals surface area (Å²) in [5, 5.41) is 14.5. The van der Waals surface area contributed by atoms with Crippen molar-refractivity contribution >= 4 is 21.8 Å². The molecule has 0 spiro atoms. The average molecular weight is 555 g/mol. The van der Waals surface area contributed by atoms with Gasteiger partial charge in [0.15, 0.2) is 5.82 Å². The topological polar surface area (TPSA) is 31.9 Å². The monoisotopic (exact) mass is 555 g/mol. The Morgan fingerprint density at radius 2 is 1.80 bits per heavy atom. The Balaban J connectivity index is 0.00000113. The first-order valence-corrected chi connectivity index (χ1v) is 7.65. The summed E-state index contributed by atoms with van der Waals surface area (Å²) in [4.78, 5) is 0. The summed E-state index contributed by atoms with van der Waals surface area (Å²) in [6.07, 6.45) is 1.97. The van der Waals surface area contributed by atoms with Gasteiger partial charge in [-0.15, -0.1) is 11.8 Å². The summed E-state index contributed by atoms with van der Waals surface area (Å²) in [6, 6.07) is 17.0. The van der Waals surface area contributed by atoms with Crippen LogP contribution in [0.2, 0.25) is 0 Å². The fourth-order valence-corrected chi connectivity index (χ4v) is 3.28. The van der Waals surface area contributed by atoms with Crippen molar-refractivity contribution in [1.82, 2.24) is 4.57 Å². The maximum atomic E-state index is 12.2. The normalized spacial score (nSPS) is 10.5. The van der Waals surface area contributed by atoms with Gasteiger partial charge in [-0.3, -0.25) is 0 Å². The fourth-order valence-electron chi connectivity index (χ4n) is 3.28. The molecule has 2 heterocycles. The summed E-state index contributed by atoms with van der Waals surface area (Å²) in [5.41, 5.74) is 4.07. The second-order valence-corrected chi connectivity index (χ2v) is 6.04. The van der Waals surface area contributed by atoms with Gasteiger partial charge in [-0.05, 0) is 43.3 Å². The third kappa shape index (κ3) is 2.54. The maximum Gasteiger partial charge on any atom is 1.00 e. The predicted molar refractivity (Wildman–Crippen MR) is 89.7 cm³/mol. The minimum atomic E-state index is 0. The molecule has 4 aromatic rings. The van der Waals surface area contributed by atoms with Gasteiger partial charge in [0.05, 0.1) is 7.05 Å². The SMILES string of the molecule is Cc1ccc2c3ccc([O-])c(C)c3n(-c3c[c-]cc[n+]3C)c2c1.[Bk].[Li+]. The van der Waals surface area contributed by atoms with E-state index in [0.717, 1.165) is 33.2 Å². The number of rotatable bonds is 1. The average Bonchev–Trinajstić information content (AvgIpc) is 2.85. The summed E-state index contributed by atoms with van der Waals surface area (Å²) < 4.78 is 4.22. The molecule has 1 radical (unpaired) electrons. The number of hydrogen-bond donors (Lipinski definition) is 0. The van der Waals surface area contributed by atoms with Crippen molar-refractivity contribution < 1.29 is 28.5 Å². The number of fused-ring (bicyclic) bond motifs is 3. The molecule has 0 saturated heterocycles. The van der Waals surface area contributed by atoms with Gasteiger partial charge in [-0.1, -0.05) is 24.3 Å². The van der Waals surface area contributed by atoms with Gasteiger partial charge in [0.1, 0.15) is 11.0 Å². The van der Waals surface area contributed by atoms with Crippen LogP contribution < -0.4 is 28.5 Å². The standard InChI is InChI=1S/C20H18N2O.Bk.Li/c1-13-7-8-15-16-9-10-18(23)14(2)20(16)22(17(15)12-13)19-6-4-5-11-21(19)3;;/h5-12,23H,1-3H3;;/q;;+1/p-1. The van der Waals surface area contributed by atoms with E-state index in [-0.39, 0.29) is 24.6 Å². The molecule has 0 saturated carbocycles. The third-order valence-electron chi connectivity index (χ3n) is 4.49. The molecule has 0 aliphatic heterocycles. The van der Waals surface area contributed by atoms with Crippen LogP contribution in [-0.4, -0.2) is 4.57 Å². The Kier molecular flexibility index (Phi) is 4.61. The van der Waals surface area contributed by atoms with Gasteiger partial charge in [0, 0.05) is 10.8 Å². The van der Waals surface area contributed by atoms with E-state index in [0.29, 0.717) is 0 Å². The van der Waals surface area contributed by atoms with Crippen molar-refractivity contribution in [3.05, 3.63) is 65.9 Å². The summed E-state index contributed by atoms with van der Waals surface area (Å²) in [6.45, 7) is 3.99. The van der Waals surface area contributed by atoms with Crippen LogP contribution in [0.4, 0.5) is 0 Å². The quantitative estimate of drug-likeness (QED) is 0.187. The smallest absolute Gasteiger partial charge is 0.872 e. The van der Waals surface area contributed by atoms with Gasteiger partial charge in [0.25, 0.3) is 0 Å². The maximum absolute atomic E-state index is 12.2. The number of aryl methyl sites for hydroxylation is 3. The van der Waals surface area contributed by atoms with Crippen LogP contribution in [0, 0.1) is 19.9 Å². The van der Waals surface area contributed by atoms with Crippen molar-refractivity contribution in [2.75, 3.05) is 0 Å². The summed E-state index contributed by atoms with van der Waals surface area (Å²) in [7, 11) is 2.01. The fraction of sp³-hybridized carbons (Fsp3) is 0.150. The molecule has 0 bridgehead atoms. The van der Waals surface area contributed by atoms with Crippen LogP contribution in [-0.2, 0) is 7.05 Å². The molecule has 0 amide bonds. The molecule has 2 aromatic carbocycles. The zero-order valence-corrected chi connectivity index (χ0v) is 17.5. The molecule has 0 N–H and O–H groups in total. The molecule has 0 aliphatic rings. The first-order chi connectivity index (χ1) is 11.1. The Morgan fingerprint density at radius 1 is 1.08 bits per heavy atom. The molecular formula is C20H17BkLiN2O. The molecule has 0 aliphatic carbocycles. The Hall–Kier alpha value is -3.21. The number of nitrogens with zero attached hydrogens (tertiary/aromatic N) is 2. The predicted octanol–water partition coefficient (Wildman–Crippen LogP) is 0.103. The van der Waals surface area contributed by atoms with Gasteiger partial charge in [0.2, 0.25) is 0 Å². The van der Waals surface area contributed by atoms with E-state index >= 15 is 0 Å².